The van der Waals surface area contributed by atoms with Crippen molar-refractivity contribution in [2.24, 2.45) is 5.92 Å². The minimum atomic E-state index is -5.73. The molecule has 2 aromatic rings. The molecule has 1 fully saturated rings. The summed E-state index contributed by atoms with van der Waals surface area (Å²) in [5.41, 5.74) is 0. The van der Waals surface area contributed by atoms with E-state index in [2.05, 4.69) is 4.74 Å². The van der Waals surface area contributed by atoms with E-state index in [0.717, 1.165) is 15.7 Å². The van der Waals surface area contributed by atoms with Crippen LogP contribution >= 0.6 is 0 Å². The molecule has 11 heteroatoms. The minimum Gasteiger partial charge on any atom is -0.497 e. The van der Waals surface area contributed by atoms with Crippen LogP contribution in [-0.4, -0.2) is 56.3 Å². The molecule has 0 unspecified atom stereocenters. The Bertz CT molecular complexity index is 924. The highest BCUT2D eigenvalue weighted by atomic mass is 19.4. The van der Waals surface area contributed by atoms with Gasteiger partial charge < -0.3 is 19.1 Å². The zero-order valence-electron chi connectivity index (χ0n) is 17.0. The largest absolute Gasteiger partial charge is 0.497 e. The van der Waals surface area contributed by atoms with Gasteiger partial charge in [0.25, 0.3) is 6.10 Å². The van der Waals surface area contributed by atoms with Crippen molar-refractivity contribution >= 4 is 16.9 Å². The second kappa shape index (κ2) is 9.33. The highest BCUT2D eigenvalue weighted by Crippen LogP contribution is 2.36. The summed E-state index contributed by atoms with van der Waals surface area (Å²) in [6.45, 7) is 0.251. The number of fused-ring (bicyclic) bond motifs is 1. The molecule has 1 aliphatic heterocycles. The van der Waals surface area contributed by atoms with Crippen LogP contribution in [0.4, 0.5) is 31.1 Å². The van der Waals surface area contributed by atoms with Crippen molar-refractivity contribution in [1.29, 1.82) is 0 Å². The minimum absolute atomic E-state index is 0.0129. The van der Waals surface area contributed by atoms with Crippen LogP contribution in [0.15, 0.2) is 36.4 Å². The fraction of sp³-hybridized carbons (Fsp3) is 0.476. The number of methoxy groups -OCH3 is 1. The number of benzene rings is 2. The second-order valence-corrected chi connectivity index (χ2v) is 7.46. The van der Waals surface area contributed by atoms with Crippen LogP contribution in [-0.2, 0) is 4.74 Å². The number of alkyl halides is 6. The lowest BCUT2D eigenvalue weighted by Crippen LogP contribution is -2.49. The van der Waals surface area contributed by atoms with Gasteiger partial charge in [-0.15, -0.1) is 0 Å². The number of nitrogens with zero attached hydrogens (tertiary/aromatic N) is 1. The van der Waals surface area contributed by atoms with Gasteiger partial charge in [0.15, 0.2) is 0 Å². The molecule has 0 radical (unpaired) electrons. The molecule has 0 atom stereocenters. The van der Waals surface area contributed by atoms with Crippen molar-refractivity contribution < 1.29 is 45.3 Å². The average molecular weight is 465 g/mol. The summed E-state index contributed by atoms with van der Waals surface area (Å²) >= 11 is 0. The van der Waals surface area contributed by atoms with E-state index in [9.17, 15) is 31.1 Å². The average Bonchev–Trinajstić information content (AvgIpc) is 2.74. The van der Waals surface area contributed by atoms with Gasteiger partial charge in [0.05, 0.1) is 13.7 Å². The van der Waals surface area contributed by atoms with Gasteiger partial charge in [-0.25, -0.2) is 4.79 Å². The Morgan fingerprint density at radius 2 is 1.53 bits per heavy atom. The summed E-state index contributed by atoms with van der Waals surface area (Å²) in [7, 11) is 1.57. The molecular formula is C21H21F6NO4. The normalized spacial score (nSPS) is 15.8. The van der Waals surface area contributed by atoms with Crippen LogP contribution in [0.3, 0.4) is 0 Å². The molecule has 0 N–H and O–H groups in total. The third kappa shape index (κ3) is 5.89. The summed E-state index contributed by atoms with van der Waals surface area (Å²) in [6, 6.07) is 11.2. The molecule has 1 heterocycles. The van der Waals surface area contributed by atoms with Crippen molar-refractivity contribution in [3.8, 4) is 11.5 Å². The maximum absolute atomic E-state index is 12.6. The first kappa shape index (κ1) is 23.8. The summed E-state index contributed by atoms with van der Waals surface area (Å²) in [6.07, 6.45) is -16.5. The maximum atomic E-state index is 12.6. The Morgan fingerprint density at radius 1 is 0.969 bits per heavy atom. The van der Waals surface area contributed by atoms with E-state index in [0.29, 0.717) is 30.9 Å². The van der Waals surface area contributed by atoms with Gasteiger partial charge in [0.2, 0.25) is 0 Å². The molecule has 0 spiro atoms. The van der Waals surface area contributed by atoms with Crippen molar-refractivity contribution in [2.75, 3.05) is 26.8 Å². The Kier molecular flexibility index (Phi) is 6.94. The predicted molar refractivity (Wildman–Crippen MR) is 103 cm³/mol. The van der Waals surface area contributed by atoms with Crippen molar-refractivity contribution in [1.82, 2.24) is 4.90 Å². The molecule has 32 heavy (non-hydrogen) atoms. The zero-order valence-corrected chi connectivity index (χ0v) is 17.0. The van der Waals surface area contributed by atoms with Gasteiger partial charge >= 0.3 is 18.4 Å². The molecule has 0 aliphatic carbocycles. The van der Waals surface area contributed by atoms with E-state index in [1.54, 1.807) is 13.2 Å². The van der Waals surface area contributed by atoms with E-state index < -0.39 is 24.5 Å². The van der Waals surface area contributed by atoms with E-state index in [-0.39, 0.29) is 19.0 Å². The summed E-state index contributed by atoms with van der Waals surface area (Å²) in [5.74, 6) is 1.30. The Labute approximate surface area is 179 Å². The first-order chi connectivity index (χ1) is 15.0. The number of rotatable bonds is 5. The maximum Gasteiger partial charge on any atom is 0.434 e. The SMILES string of the molecule is COc1ccc2ccc(OCC3CCN(C(=O)OC(C(F)(F)F)C(F)(F)F)CC3)cc2c1. The van der Waals surface area contributed by atoms with Crippen LogP contribution in [0.2, 0.25) is 0 Å². The monoisotopic (exact) mass is 465 g/mol. The van der Waals surface area contributed by atoms with Crippen LogP contribution in [0.1, 0.15) is 12.8 Å². The van der Waals surface area contributed by atoms with Crippen molar-refractivity contribution in [3.05, 3.63) is 36.4 Å². The highest BCUT2D eigenvalue weighted by Gasteiger charge is 2.60. The fourth-order valence-corrected chi connectivity index (χ4v) is 3.41. The van der Waals surface area contributed by atoms with E-state index >= 15 is 0 Å². The standard InChI is InChI=1S/C21H21F6NO4/c1-30-16-4-2-14-3-5-17(11-15(14)10-16)31-12-13-6-8-28(9-7-13)19(29)32-18(20(22,23)24)21(25,26)27/h2-5,10-11,13,18H,6-9,12H2,1H3. The van der Waals surface area contributed by atoms with E-state index in [1.807, 2.05) is 30.3 Å². The molecular weight excluding hydrogens is 444 g/mol. The van der Waals surface area contributed by atoms with Gasteiger partial charge in [-0.3, -0.25) is 0 Å². The molecule has 1 amide bonds. The van der Waals surface area contributed by atoms with Gasteiger partial charge in [0, 0.05) is 13.1 Å². The third-order valence-electron chi connectivity index (χ3n) is 5.19. The number of hydrogen-bond acceptors (Lipinski definition) is 4. The van der Waals surface area contributed by atoms with Gasteiger partial charge in [0.1, 0.15) is 11.5 Å². The number of ether oxygens (including phenoxy) is 3. The van der Waals surface area contributed by atoms with Crippen LogP contribution < -0.4 is 9.47 Å². The highest BCUT2D eigenvalue weighted by molar-refractivity contribution is 5.85. The molecule has 176 valence electrons. The smallest absolute Gasteiger partial charge is 0.434 e. The van der Waals surface area contributed by atoms with Crippen LogP contribution in [0.5, 0.6) is 11.5 Å². The molecule has 0 bridgehead atoms. The second-order valence-electron chi connectivity index (χ2n) is 7.46. The summed E-state index contributed by atoms with van der Waals surface area (Å²) in [4.78, 5) is 12.7. The van der Waals surface area contributed by atoms with E-state index in [4.69, 9.17) is 9.47 Å². The lowest BCUT2D eigenvalue weighted by molar-refractivity contribution is -0.308. The van der Waals surface area contributed by atoms with Gasteiger partial charge in [-0.05, 0) is 53.8 Å². The third-order valence-corrected chi connectivity index (χ3v) is 5.19. The molecule has 3 rings (SSSR count). The molecule has 0 aromatic heterocycles. The topological polar surface area (TPSA) is 48.0 Å². The number of carbonyl (C=O) groups is 1. The van der Waals surface area contributed by atoms with Crippen LogP contribution in [0, 0.1) is 5.92 Å². The Morgan fingerprint density at radius 3 is 2.09 bits per heavy atom. The molecule has 0 saturated carbocycles. The quantitative estimate of drug-likeness (QED) is 0.542. The molecule has 1 aliphatic rings. The molecule has 2 aromatic carbocycles. The number of hydrogen-bond donors (Lipinski definition) is 0. The predicted octanol–water partition coefficient (Wildman–Crippen LogP) is 5.57. The first-order valence-corrected chi connectivity index (χ1v) is 9.77. The van der Waals surface area contributed by atoms with Crippen molar-refractivity contribution in [2.45, 2.75) is 31.3 Å². The summed E-state index contributed by atoms with van der Waals surface area (Å²) in [5, 5.41) is 1.92. The number of piperidine rings is 1. The zero-order chi connectivity index (χ0) is 23.5. The van der Waals surface area contributed by atoms with Crippen LogP contribution in [0.25, 0.3) is 10.8 Å². The number of amides is 1. The van der Waals surface area contributed by atoms with E-state index in [1.165, 1.54) is 0 Å². The number of likely N-dealkylation sites (tertiary alicyclic amines) is 1. The first-order valence-electron chi connectivity index (χ1n) is 9.77. The lowest BCUT2D eigenvalue weighted by atomic mass is 9.98. The lowest BCUT2D eigenvalue weighted by Gasteiger charge is -2.33. The number of halogens is 6. The Balaban J connectivity index is 1.51. The van der Waals surface area contributed by atoms with Gasteiger partial charge in [-0.2, -0.15) is 26.3 Å². The van der Waals surface area contributed by atoms with Gasteiger partial charge in [-0.1, -0.05) is 12.1 Å². The molecule has 1 saturated heterocycles. The number of carbonyl (C=O) groups excluding carboxylic acids is 1. The Hall–Kier alpha value is -2.85. The van der Waals surface area contributed by atoms with Crippen molar-refractivity contribution in [3.63, 3.8) is 0 Å². The fourth-order valence-electron chi connectivity index (χ4n) is 3.41. The summed E-state index contributed by atoms with van der Waals surface area (Å²) < 4.78 is 90.1. The molecule has 5 nitrogen and oxygen atoms in total.